The van der Waals surface area contributed by atoms with Gasteiger partial charge < -0.3 is 4.90 Å². The molecule has 0 aliphatic carbocycles. The molecule has 1 aliphatic rings. The SMILES string of the molecule is CCN1CCC/C1=N\S(=O)(=O)c1ccc(N=Cc2ccccc2)cc1. The highest BCUT2D eigenvalue weighted by Crippen LogP contribution is 2.20. The van der Waals surface area contributed by atoms with E-state index in [9.17, 15) is 8.42 Å². The quantitative estimate of drug-likeness (QED) is 0.769. The van der Waals surface area contributed by atoms with E-state index in [0.717, 1.165) is 25.1 Å². The van der Waals surface area contributed by atoms with Gasteiger partial charge in [0, 0.05) is 25.7 Å². The van der Waals surface area contributed by atoms with Crippen LogP contribution in [0, 0.1) is 0 Å². The maximum absolute atomic E-state index is 12.5. The highest BCUT2D eigenvalue weighted by Gasteiger charge is 2.21. The summed E-state index contributed by atoms with van der Waals surface area (Å²) in [5.74, 6) is 0.661. The Balaban J connectivity index is 1.77. The normalized spacial score (nSPS) is 16.8. The first kappa shape index (κ1) is 17.4. The fraction of sp³-hybridized carbons (Fsp3) is 0.263. The number of aliphatic imine (C=N–C) groups is 1. The number of nitrogens with zero attached hydrogens (tertiary/aromatic N) is 3. The molecule has 0 N–H and O–H groups in total. The Morgan fingerprint density at radius 2 is 1.80 bits per heavy atom. The van der Waals surface area contributed by atoms with Crippen molar-refractivity contribution < 1.29 is 8.42 Å². The average Bonchev–Trinajstić information content (AvgIpc) is 3.07. The molecule has 2 aromatic rings. The molecule has 2 aromatic carbocycles. The topological polar surface area (TPSA) is 62.1 Å². The molecular weight excluding hydrogens is 334 g/mol. The maximum atomic E-state index is 12.5. The lowest BCUT2D eigenvalue weighted by atomic mass is 10.2. The van der Waals surface area contributed by atoms with Gasteiger partial charge in [-0.3, -0.25) is 4.99 Å². The van der Waals surface area contributed by atoms with E-state index in [2.05, 4.69) is 9.39 Å². The van der Waals surface area contributed by atoms with Gasteiger partial charge in [-0.15, -0.1) is 4.40 Å². The molecule has 0 spiro atoms. The fourth-order valence-electron chi connectivity index (χ4n) is 2.74. The molecule has 1 heterocycles. The van der Waals surface area contributed by atoms with Gasteiger partial charge in [0.25, 0.3) is 10.0 Å². The molecule has 0 radical (unpaired) electrons. The van der Waals surface area contributed by atoms with E-state index in [-0.39, 0.29) is 4.90 Å². The molecule has 0 atom stereocenters. The summed E-state index contributed by atoms with van der Waals surface area (Å²) < 4.78 is 29.0. The molecule has 130 valence electrons. The van der Waals surface area contributed by atoms with Crippen molar-refractivity contribution in [2.75, 3.05) is 13.1 Å². The Labute approximate surface area is 148 Å². The summed E-state index contributed by atoms with van der Waals surface area (Å²) in [5, 5.41) is 0. The van der Waals surface area contributed by atoms with Gasteiger partial charge in [-0.1, -0.05) is 30.3 Å². The monoisotopic (exact) mass is 355 g/mol. The summed E-state index contributed by atoms with van der Waals surface area (Å²) in [4.78, 5) is 6.57. The first-order chi connectivity index (χ1) is 12.1. The van der Waals surface area contributed by atoms with Crippen LogP contribution in [0.25, 0.3) is 0 Å². The van der Waals surface area contributed by atoms with Gasteiger partial charge in [0.2, 0.25) is 0 Å². The van der Waals surface area contributed by atoms with Crippen molar-refractivity contribution in [2.24, 2.45) is 9.39 Å². The predicted octanol–water partition coefficient (Wildman–Crippen LogP) is 3.64. The number of sulfonamides is 1. The minimum Gasteiger partial charge on any atom is -0.360 e. The molecule has 1 aliphatic heterocycles. The third-order valence-corrected chi connectivity index (χ3v) is 5.42. The van der Waals surface area contributed by atoms with E-state index in [0.29, 0.717) is 17.9 Å². The predicted molar refractivity (Wildman–Crippen MR) is 101 cm³/mol. The Morgan fingerprint density at radius 3 is 2.48 bits per heavy atom. The largest absolute Gasteiger partial charge is 0.360 e. The van der Waals surface area contributed by atoms with Crippen molar-refractivity contribution in [1.82, 2.24) is 4.90 Å². The number of hydrogen-bond donors (Lipinski definition) is 0. The second-order valence-electron chi connectivity index (χ2n) is 5.83. The van der Waals surface area contributed by atoms with E-state index in [4.69, 9.17) is 0 Å². The molecule has 1 saturated heterocycles. The Hall–Kier alpha value is -2.47. The lowest BCUT2D eigenvalue weighted by molar-refractivity contribution is 0.479. The first-order valence-corrected chi connectivity index (χ1v) is 9.80. The Bertz CT molecular complexity index is 873. The van der Waals surface area contributed by atoms with Gasteiger partial charge in [-0.05, 0) is 43.2 Å². The highest BCUT2D eigenvalue weighted by atomic mass is 32.2. The molecule has 6 heteroatoms. The molecule has 0 amide bonds. The summed E-state index contributed by atoms with van der Waals surface area (Å²) in [6.07, 6.45) is 3.42. The molecule has 3 rings (SSSR count). The van der Waals surface area contributed by atoms with Crippen LogP contribution in [0.15, 0.2) is 68.9 Å². The summed E-state index contributed by atoms with van der Waals surface area (Å²) >= 11 is 0. The van der Waals surface area contributed by atoms with Crippen LogP contribution >= 0.6 is 0 Å². The molecule has 0 aromatic heterocycles. The number of rotatable bonds is 5. The fourth-order valence-corrected chi connectivity index (χ4v) is 3.81. The highest BCUT2D eigenvalue weighted by molar-refractivity contribution is 7.90. The van der Waals surface area contributed by atoms with Crippen molar-refractivity contribution in [3.8, 4) is 0 Å². The van der Waals surface area contributed by atoms with Crippen molar-refractivity contribution in [3.05, 3.63) is 60.2 Å². The van der Waals surface area contributed by atoms with E-state index >= 15 is 0 Å². The maximum Gasteiger partial charge on any atom is 0.283 e. The lowest BCUT2D eigenvalue weighted by Gasteiger charge is -2.15. The van der Waals surface area contributed by atoms with E-state index in [1.54, 1.807) is 30.5 Å². The van der Waals surface area contributed by atoms with E-state index in [1.807, 2.05) is 42.2 Å². The van der Waals surface area contributed by atoms with Crippen molar-refractivity contribution >= 4 is 27.8 Å². The Kier molecular flexibility index (Phi) is 5.28. The van der Waals surface area contributed by atoms with E-state index in [1.165, 1.54) is 0 Å². The summed E-state index contributed by atoms with van der Waals surface area (Å²) in [7, 11) is -3.68. The minimum atomic E-state index is -3.68. The van der Waals surface area contributed by atoms with Gasteiger partial charge in [0.15, 0.2) is 0 Å². The zero-order chi connectivity index (χ0) is 17.7. The molecule has 1 fully saturated rings. The second kappa shape index (κ2) is 7.61. The molecule has 0 bridgehead atoms. The lowest BCUT2D eigenvalue weighted by Crippen LogP contribution is -2.25. The van der Waals surface area contributed by atoms with Gasteiger partial charge in [0.05, 0.1) is 10.6 Å². The summed E-state index contributed by atoms with van der Waals surface area (Å²) in [5.41, 5.74) is 1.69. The number of amidine groups is 1. The van der Waals surface area contributed by atoms with Crippen LogP contribution in [-0.2, 0) is 10.0 Å². The number of hydrogen-bond acceptors (Lipinski definition) is 3. The first-order valence-electron chi connectivity index (χ1n) is 8.36. The van der Waals surface area contributed by atoms with Crippen molar-refractivity contribution in [3.63, 3.8) is 0 Å². The third-order valence-electron chi connectivity index (χ3n) is 4.10. The zero-order valence-electron chi connectivity index (χ0n) is 14.2. The number of likely N-dealkylation sites (tertiary alicyclic amines) is 1. The zero-order valence-corrected chi connectivity index (χ0v) is 15.0. The van der Waals surface area contributed by atoms with Gasteiger partial charge in [-0.25, -0.2) is 0 Å². The van der Waals surface area contributed by atoms with Crippen LogP contribution in [-0.4, -0.2) is 38.5 Å². The molecular formula is C19H21N3O2S. The molecule has 0 saturated carbocycles. The van der Waals surface area contributed by atoms with Crippen LogP contribution in [0.5, 0.6) is 0 Å². The van der Waals surface area contributed by atoms with Crippen molar-refractivity contribution in [1.29, 1.82) is 0 Å². The van der Waals surface area contributed by atoms with Crippen LogP contribution in [0.1, 0.15) is 25.3 Å². The van der Waals surface area contributed by atoms with Gasteiger partial charge in [0.1, 0.15) is 5.84 Å². The number of benzene rings is 2. The van der Waals surface area contributed by atoms with Crippen LogP contribution in [0.4, 0.5) is 5.69 Å². The minimum absolute atomic E-state index is 0.196. The second-order valence-corrected chi connectivity index (χ2v) is 7.43. The van der Waals surface area contributed by atoms with Gasteiger partial charge >= 0.3 is 0 Å². The molecule has 25 heavy (non-hydrogen) atoms. The van der Waals surface area contributed by atoms with Gasteiger partial charge in [-0.2, -0.15) is 8.42 Å². The average molecular weight is 355 g/mol. The molecule has 5 nitrogen and oxygen atoms in total. The molecule has 0 unspecified atom stereocenters. The Morgan fingerprint density at radius 1 is 1.08 bits per heavy atom. The van der Waals surface area contributed by atoms with Crippen LogP contribution < -0.4 is 0 Å². The standard InChI is InChI=1S/C19H21N3O2S/c1-2-22-14-6-9-19(22)21-25(23,24)18-12-10-17(11-13-18)20-15-16-7-4-3-5-8-16/h3-5,7-8,10-13,15H,2,6,9,14H2,1H3/b20-15?,21-19+. The van der Waals surface area contributed by atoms with Crippen molar-refractivity contribution in [2.45, 2.75) is 24.7 Å². The van der Waals surface area contributed by atoms with E-state index < -0.39 is 10.0 Å². The van der Waals surface area contributed by atoms with Crippen LogP contribution in [0.2, 0.25) is 0 Å². The summed E-state index contributed by atoms with van der Waals surface area (Å²) in [6, 6.07) is 16.3. The van der Waals surface area contributed by atoms with Crippen LogP contribution in [0.3, 0.4) is 0 Å². The smallest absolute Gasteiger partial charge is 0.283 e. The summed E-state index contributed by atoms with van der Waals surface area (Å²) in [6.45, 7) is 3.66. The third kappa shape index (κ3) is 4.33.